The maximum Gasteiger partial charge on any atom is 0.0510 e. The van der Waals surface area contributed by atoms with Crippen LogP contribution in [0.4, 0.5) is 0 Å². The van der Waals surface area contributed by atoms with E-state index in [1.165, 1.54) is 12.8 Å². The third kappa shape index (κ3) is 4.87. The quantitative estimate of drug-likeness (QED) is 0.725. The highest BCUT2D eigenvalue weighted by Gasteiger charge is 2.26. The first-order valence-electron chi connectivity index (χ1n) is 7.65. The van der Waals surface area contributed by atoms with E-state index in [-0.39, 0.29) is 6.04 Å². The maximum atomic E-state index is 6.38. The highest BCUT2D eigenvalue weighted by Crippen LogP contribution is 2.19. The molecule has 1 heterocycles. The molecule has 0 aromatic rings. The molecule has 2 atom stereocenters. The van der Waals surface area contributed by atoms with Gasteiger partial charge in [-0.1, -0.05) is 27.7 Å². The zero-order chi connectivity index (χ0) is 13.5. The van der Waals surface area contributed by atoms with Crippen LogP contribution in [-0.4, -0.2) is 43.3 Å². The van der Waals surface area contributed by atoms with Gasteiger partial charge in [-0.2, -0.15) is 0 Å². The Morgan fingerprint density at radius 2 is 1.89 bits per heavy atom. The Balaban J connectivity index is 2.52. The van der Waals surface area contributed by atoms with Crippen molar-refractivity contribution in [2.75, 3.05) is 26.3 Å². The van der Waals surface area contributed by atoms with Crippen molar-refractivity contribution >= 4 is 0 Å². The van der Waals surface area contributed by atoms with Gasteiger partial charge in [0.05, 0.1) is 6.61 Å². The summed E-state index contributed by atoms with van der Waals surface area (Å²) in [6, 6.07) is 0.952. The zero-order valence-corrected chi connectivity index (χ0v) is 12.7. The van der Waals surface area contributed by atoms with E-state index >= 15 is 0 Å². The van der Waals surface area contributed by atoms with Crippen molar-refractivity contribution in [1.29, 1.82) is 0 Å². The van der Waals surface area contributed by atoms with Gasteiger partial charge in [-0.05, 0) is 25.2 Å². The van der Waals surface area contributed by atoms with Crippen LogP contribution in [-0.2, 0) is 4.74 Å². The molecule has 0 radical (unpaired) electrons. The van der Waals surface area contributed by atoms with Crippen molar-refractivity contribution in [2.45, 2.75) is 59.0 Å². The lowest BCUT2D eigenvalue weighted by atomic mass is 9.97. The van der Waals surface area contributed by atoms with Crippen LogP contribution < -0.4 is 5.73 Å². The highest BCUT2D eigenvalue weighted by molar-refractivity contribution is 4.82. The molecule has 3 nitrogen and oxygen atoms in total. The predicted molar refractivity (Wildman–Crippen MR) is 77.7 cm³/mol. The van der Waals surface area contributed by atoms with Gasteiger partial charge >= 0.3 is 0 Å². The molecule has 0 bridgehead atoms. The SMILES string of the molecule is CCC(CC)N(CC(C)C)CC(N)C1CCOC1. The molecule has 3 heteroatoms. The van der Waals surface area contributed by atoms with Gasteiger partial charge in [-0.25, -0.2) is 0 Å². The van der Waals surface area contributed by atoms with E-state index in [9.17, 15) is 0 Å². The predicted octanol–water partition coefficient (Wildman–Crippen LogP) is 2.50. The molecule has 0 spiro atoms. The van der Waals surface area contributed by atoms with E-state index < -0.39 is 0 Å². The third-order valence-electron chi connectivity index (χ3n) is 4.07. The van der Waals surface area contributed by atoms with Crippen molar-refractivity contribution in [1.82, 2.24) is 4.90 Å². The number of hydrogen-bond acceptors (Lipinski definition) is 3. The first kappa shape index (κ1) is 15.9. The molecule has 1 aliphatic heterocycles. The van der Waals surface area contributed by atoms with Gasteiger partial charge in [-0.15, -0.1) is 0 Å². The minimum atomic E-state index is 0.270. The molecule has 1 fully saturated rings. The van der Waals surface area contributed by atoms with Crippen molar-refractivity contribution in [3.05, 3.63) is 0 Å². The summed E-state index contributed by atoms with van der Waals surface area (Å²) in [6.07, 6.45) is 3.58. The molecule has 2 unspecified atom stereocenters. The van der Waals surface area contributed by atoms with Gasteiger partial charge in [0.2, 0.25) is 0 Å². The van der Waals surface area contributed by atoms with E-state index in [4.69, 9.17) is 10.5 Å². The molecule has 0 aliphatic carbocycles. The first-order chi connectivity index (χ1) is 8.58. The standard InChI is InChI=1S/C15H32N2O/c1-5-14(6-2)17(9-12(3)4)10-15(16)13-7-8-18-11-13/h12-15H,5-11,16H2,1-4H3. The van der Waals surface area contributed by atoms with Gasteiger partial charge in [0.25, 0.3) is 0 Å². The highest BCUT2D eigenvalue weighted by atomic mass is 16.5. The van der Waals surface area contributed by atoms with Crippen molar-refractivity contribution in [3.8, 4) is 0 Å². The van der Waals surface area contributed by atoms with Crippen LogP contribution in [0.15, 0.2) is 0 Å². The average Bonchev–Trinajstić information content (AvgIpc) is 2.83. The number of rotatable bonds is 8. The minimum absolute atomic E-state index is 0.270. The molecule has 1 rings (SSSR count). The van der Waals surface area contributed by atoms with Gasteiger partial charge in [0.1, 0.15) is 0 Å². The van der Waals surface area contributed by atoms with E-state index in [0.29, 0.717) is 17.9 Å². The molecule has 108 valence electrons. The first-order valence-corrected chi connectivity index (χ1v) is 7.65. The lowest BCUT2D eigenvalue weighted by Gasteiger charge is -2.35. The van der Waals surface area contributed by atoms with Crippen molar-refractivity contribution in [3.63, 3.8) is 0 Å². The van der Waals surface area contributed by atoms with Crippen LogP contribution in [0.3, 0.4) is 0 Å². The maximum absolute atomic E-state index is 6.38. The second kappa shape index (κ2) is 8.13. The lowest BCUT2D eigenvalue weighted by Crippen LogP contribution is -2.47. The second-order valence-corrected chi connectivity index (χ2v) is 6.11. The molecule has 0 aromatic carbocycles. The molecule has 0 amide bonds. The fourth-order valence-corrected chi connectivity index (χ4v) is 2.96. The molecule has 1 saturated heterocycles. The minimum Gasteiger partial charge on any atom is -0.381 e. The number of nitrogens with zero attached hydrogens (tertiary/aromatic N) is 1. The Bertz CT molecular complexity index is 211. The van der Waals surface area contributed by atoms with Crippen LogP contribution in [0.2, 0.25) is 0 Å². The number of nitrogens with two attached hydrogens (primary N) is 1. The molecule has 2 N–H and O–H groups in total. The van der Waals surface area contributed by atoms with Crippen molar-refractivity contribution < 1.29 is 4.74 Å². The fraction of sp³-hybridized carbons (Fsp3) is 1.00. The summed E-state index contributed by atoms with van der Waals surface area (Å²) in [7, 11) is 0. The van der Waals surface area contributed by atoms with Crippen LogP contribution in [0.1, 0.15) is 47.0 Å². The fourth-order valence-electron chi connectivity index (χ4n) is 2.96. The van der Waals surface area contributed by atoms with E-state index in [0.717, 1.165) is 32.7 Å². The van der Waals surface area contributed by atoms with Crippen molar-refractivity contribution in [2.24, 2.45) is 17.6 Å². The lowest BCUT2D eigenvalue weighted by molar-refractivity contribution is 0.133. The summed E-state index contributed by atoms with van der Waals surface area (Å²) >= 11 is 0. The van der Waals surface area contributed by atoms with E-state index in [1.54, 1.807) is 0 Å². The Labute approximate surface area is 113 Å². The van der Waals surface area contributed by atoms with Crippen LogP contribution in [0, 0.1) is 11.8 Å². The summed E-state index contributed by atoms with van der Waals surface area (Å²) in [5.41, 5.74) is 6.38. The van der Waals surface area contributed by atoms with Crippen LogP contribution in [0.5, 0.6) is 0 Å². The van der Waals surface area contributed by atoms with Gasteiger partial charge in [-0.3, -0.25) is 4.90 Å². The topological polar surface area (TPSA) is 38.5 Å². The van der Waals surface area contributed by atoms with E-state index in [1.807, 2.05) is 0 Å². The molecular formula is C15H32N2O. The smallest absolute Gasteiger partial charge is 0.0510 e. The molecule has 18 heavy (non-hydrogen) atoms. The van der Waals surface area contributed by atoms with Gasteiger partial charge < -0.3 is 10.5 Å². The largest absolute Gasteiger partial charge is 0.381 e. The van der Waals surface area contributed by atoms with Crippen LogP contribution >= 0.6 is 0 Å². The average molecular weight is 256 g/mol. The summed E-state index contributed by atoms with van der Waals surface area (Å²) in [5.74, 6) is 1.27. The summed E-state index contributed by atoms with van der Waals surface area (Å²) in [4.78, 5) is 2.60. The molecule has 1 aliphatic rings. The number of hydrogen-bond donors (Lipinski definition) is 1. The Kier molecular flexibility index (Phi) is 7.20. The molecule has 0 aromatic heterocycles. The Morgan fingerprint density at radius 1 is 1.22 bits per heavy atom. The van der Waals surface area contributed by atoms with Crippen LogP contribution in [0.25, 0.3) is 0 Å². The van der Waals surface area contributed by atoms with Gasteiger partial charge in [0, 0.05) is 37.7 Å². The third-order valence-corrected chi connectivity index (χ3v) is 4.07. The van der Waals surface area contributed by atoms with Gasteiger partial charge in [0.15, 0.2) is 0 Å². The number of ether oxygens (including phenoxy) is 1. The molecular weight excluding hydrogens is 224 g/mol. The summed E-state index contributed by atoms with van der Waals surface area (Å²) in [5, 5.41) is 0. The summed E-state index contributed by atoms with van der Waals surface area (Å²) in [6.45, 7) is 13.1. The molecule has 0 saturated carbocycles. The Hall–Kier alpha value is -0.120. The second-order valence-electron chi connectivity index (χ2n) is 6.11. The normalized spacial score (nSPS) is 22.3. The summed E-state index contributed by atoms with van der Waals surface area (Å²) < 4.78 is 5.46. The monoisotopic (exact) mass is 256 g/mol. The Morgan fingerprint density at radius 3 is 2.33 bits per heavy atom. The zero-order valence-electron chi connectivity index (χ0n) is 12.7. The van der Waals surface area contributed by atoms with E-state index in [2.05, 4.69) is 32.6 Å².